The lowest BCUT2D eigenvalue weighted by molar-refractivity contribution is -0.256. The number of carbonyl (C=O) groups is 2. The van der Waals surface area contributed by atoms with E-state index in [9.17, 15) is 9.59 Å². The van der Waals surface area contributed by atoms with Gasteiger partial charge in [0.25, 0.3) is 0 Å². The fourth-order valence-electron chi connectivity index (χ4n) is 0.574. The number of nitrogens with two attached hydrogens (primary N) is 1. The minimum Gasteiger partial charge on any atom is -0.348 e. The van der Waals surface area contributed by atoms with Crippen molar-refractivity contribution in [2.45, 2.75) is 18.9 Å². The lowest BCUT2D eigenvalue weighted by atomic mass is 10.2. The van der Waals surface area contributed by atoms with Crippen molar-refractivity contribution >= 4 is 36.2 Å². The van der Waals surface area contributed by atoms with E-state index in [1.165, 1.54) is 7.11 Å². The van der Waals surface area contributed by atoms with E-state index < -0.39 is 18.0 Å². The Morgan fingerprint density at radius 2 is 2.07 bits per heavy atom. The first-order valence-electron chi connectivity index (χ1n) is 3.43. The molecular formula is C6H11Cl2NO5. The maximum Gasteiger partial charge on any atom is 0.358 e. The summed E-state index contributed by atoms with van der Waals surface area (Å²) in [4.78, 5) is 29.5. The van der Waals surface area contributed by atoms with E-state index in [0.717, 1.165) is 0 Å². The zero-order valence-electron chi connectivity index (χ0n) is 7.40. The maximum atomic E-state index is 10.8. The minimum absolute atomic E-state index is 0. The van der Waals surface area contributed by atoms with Gasteiger partial charge in [0.05, 0.1) is 7.11 Å². The molecule has 0 bridgehead atoms. The Bertz CT molecular complexity index is 189. The van der Waals surface area contributed by atoms with Crippen LogP contribution in [0.4, 0.5) is 0 Å². The highest BCUT2D eigenvalue weighted by molar-refractivity contribution is 6.13. The monoisotopic (exact) mass is 247 g/mol. The summed E-state index contributed by atoms with van der Waals surface area (Å²) < 4.78 is 3.83. The summed E-state index contributed by atoms with van der Waals surface area (Å²) in [6.45, 7) is 0. The van der Waals surface area contributed by atoms with Crippen molar-refractivity contribution in [1.29, 1.82) is 0 Å². The summed E-state index contributed by atoms with van der Waals surface area (Å²) in [5, 5.41) is 0. The molecule has 0 aromatic heterocycles. The molecule has 84 valence electrons. The van der Waals surface area contributed by atoms with Crippen LogP contribution in [-0.4, -0.2) is 25.1 Å². The zero-order valence-corrected chi connectivity index (χ0v) is 8.97. The first-order valence-corrected chi connectivity index (χ1v) is 3.74. The predicted molar refractivity (Wildman–Crippen MR) is 49.5 cm³/mol. The van der Waals surface area contributed by atoms with Crippen LogP contribution in [0.5, 0.6) is 0 Å². The second-order valence-electron chi connectivity index (χ2n) is 2.16. The van der Waals surface area contributed by atoms with E-state index in [-0.39, 0.29) is 25.2 Å². The van der Waals surface area contributed by atoms with Gasteiger partial charge in [-0.05, 0) is 6.42 Å². The minimum atomic E-state index is -0.921. The van der Waals surface area contributed by atoms with Crippen molar-refractivity contribution < 1.29 is 23.7 Å². The van der Waals surface area contributed by atoms with Crippen molar-refractivity contribution in [3.8, 4) is 0 Å². The van der Waals surface area contributed by atoms with Gasteiger partial charge in [0.2, 0.25) is 0 Å². The molecule has 6 nitrogen and oxygen atoms in total. The van der Waals surface area contributed by atoms with E-state index in [0.29, 0.717) is 0 Å². The van der Waals surface area contributed by atoms with Gasteiger partial charge in [-0.1, -0.05) is 0 Å². The normalized spacial score (nSPS) is 11.1. The van der Waals surface area contributed by atoms with E-state index in [1.54, 1.807) is 0 Å². The molecule has 0 aliphatic carbocycles. The van der Waals surface area contributed by atoms with Crippen LogP contribution in [0.25, 0.3) is 0 Å². The molecule has 0 amide bonds. The van der Waals surface area contributed by atoms with E-state index in [4.69, 9.17) is 17.6 Å². The Morgan fingerprint density at radius 1 is 1.50 bits per heavy atom. The van der Waals surface area contributed by atoms with Crippen molar-refractivity contribution in [1.82, 2.24) is 0 Å². The van der Waals surface area contributed by atoms with Crippen LogP contribution in [0, 0.1) is 0 Å². The van der Waals surface area contributed by atoms with Crippen LogP contribution in [0.2, 0.25) is 0 Å². The van der Waals surface area contributed by atoms with Gasteiger partial charge in [-0.3, -0.25) is 9.68 Å². The summed E-state index contributed by atoms with van der Waals surface area (Å²) in [7, 11) is 1.18. The molecule has 0 rings (SSSR count). The number of hydrogen-bond donors (Lipinski definition) is 1. The van der Waals surface area contributed by atoms with Crippen LogP contribution in [-0.2, 0) is 23.7 Å². The molecule has 0 aliphatic heterocycles. The Labute approximate surface area is 92.1 Å². The van der Waals surface area contributed by atoms with E-state index in [2.05, 4.69) is 14.1 Å². The molecule has 0 aliphatic rings. The Kier molecular flexibility index (Phi) is 10.2. The number of halogens is 2. The average Bonchev–Trinajstić information content (AvgIpc) is 2.13. The highest BCUT2D eigenvalue weighted by Crippen LogP contribution is 2.00. The first-order chi connectivity index (χ1) is 6.11. The lowest BCUT2D eigenvalue weighted by Gasteiger charge is -2.06. The van der Waals surface area contributed by atoms with Gasteiger partial charge < -0.3 is 10.0 Å². The fourth-order valence-corrected chi connectivity index (χ4v) is 0.651. The van der Waals surface area contributed by atoms with Gasteiger partial charge in [0, 0.05) is 6.42 Å². The van der Waals surface area contributed by atoms with Crippen molar-refractivity contribution in [2.75, 3.05) is 7.11 Å². The molecule has 0 fully saturated rings. The molecule has 0 unspecified atom stereocenters. The van der Waals surface area contributed by atoms with Crippen LogP contribution in [0.15, 0.2) is 0 Å². The Hall–Kier alpha value is -0.560. The van der Waals surface area contributed by atoms with Gasteiger partial charge in [-0.25, -0.2) is 4.79 Å². The van der Waals surface area contributed by atoms with Crippen molar-refractivity contribution in [3.63, 3.8) is 0 Å². The third kappa shape index (κ3) is 6.90. The molecule has 8 heteroatoms. The lowest BCUT2D eigenvalue weighted by Crippen LogP contribution is -2.32. The van der Waals surface area contributed by atoms with Gasteiger partial charge in [0.1, 0.15) is 17.9 Å². The molecule has 14 heavy (non-hydrogen) atoms. The Balaban J connectivity index is 0. The molecule has 0 saturated carbocycles. The number of carbonyl (C=O) groups excluding carboxylic acids is 2. The third-order valence-corrected chi connectivity index (χ3v) is 1.39. The van der Waals surface area contributed by atoms with Gasteiger partial charge in [0.15, 0.2) is 0 Å². The van der Waals surface area contributed by atoms with Crippen molar-refractivity contribution in [3.05, 3.63) is 0 Å². The summed E-state index contributed by atoms with van der Waals surface area (Å²) in [6.07, 6.45) is 0.0389. The standard InChI is InChI=1S/C6H10ClNO5.ClH/c1-11-13-6(10)4(8)2-3-5(9)12-7;/h4H,2-3,8H2,1H3;1H/t4-;/m0./s1. The second-order valence-corrected chi connectivity index (χ2v) is 2.32. The molecule has 2 N–H and O–H groups in total. The highest BCUT2D eigenvalue weighted by atomic mass is 35.5. The SMILES string of the molecule is COOC(=O)[C@@H](N)CCC(=O)OCl.Cl. The smallest absolute Gasteiger partial charge is 0.348 e. The van der Waals surface area contributed by atoms with Crippen LogP contribution < -0.4 is 5.73 Å². The summed E-state index contributed by atoms with van der Waals surface area (Å²) in [5.41, 5.74) is 5.30. The molecule has 0 radical (unpaired) electrons. The summed E-state index contributed by atoms with van der Waals surface area (Å²) >= 11 is 4.74. The van der Waals surface area contributed by atoms with Gasteiger partial charge in [-0.2, -0.15) is 4.89 Å². The topological polar surface area (TPSA) is 87.9 Å². The summed E-state index contributed by atoms with van der Waals surface area (Å²) in [5.74, 6) is -1.40. The van der Waals surface area contributed by atoms with Gasteiger partial charge in [-0.15, -0.1) is 12.4 Å². The van der Waals surface area contributed by atoms with Crippen LogP contribution in [0.3, 0.4) is 0 Å². The van der Waals surface area contributed by atoms with E-state index >= 15 is 0 Å². The highest BCUT2D eigenvalue weighted by Gasteiger charge is 2.17. The zero-order chi connectivity index (χ0) is 10.3. The van der Waals surface area contributed by atoms with Crippen LogP contribution in [0.1, 0.15) is 12.8 Å². The average molecular weight is 248 g/mol. The van der Waals surface area contributed by atoms with E-state index in [1.807, 2.05) is 0 Å². The second kappa shape index (κ2) is 9.01. The fraction of sp³-hybridized carbons (Fsp3) is 0.667. The predicted octanol–water partition coefficient (Wildman–Crippen LogP) is 0.317. The molecular weight excluding hydrogens is 237 g/mol. The number of hydrogen-bond acceptors (Lipinski definition) is 6. The van der Waals surface area contributed by atoms with Gasteiger partial charge >= 0.3 is 11.9 Å². The molecule has 0 saturated heterocycles. The third-order valence-electron chi connectivity index (χ3n) is 1.21. The molecule has 0 aromatic rings. The molecule has 0 aromatic carbocycles. The van der Waals surface area contributed by atoms with Crippen molar-refractivity contribution in [2.24, 2.45) is 5.73 Å². The Morgan fingerprint density at radius 3 is 2.50 bits per heavy atom. The largest absolute Gasteiger partial charge is 0.358 e. The molecule has 1 atom stereocenters. The number of rotatable bonds is 5. The molecule has 0 spiro atoms. The first kappa shape index (κ1) is 15.9. The van der Waals surface area contributed by atoms with Crippen LogP contribution >= 0.6 is 24.3 Å². The molecule has 0 heterocycles. The maximum absolute atomic E-state index is 10.8. The summed E-state index contributed by atoms with van der Waals surface area (Å²) in [6, 6.07) is -0.921. The quantitative estimate of drug-likeness (QED) is 0.556.